The van der Waals surface area contributed by atoms with Crippen LogP contribution in [0, 0.1) is 0 Å². The normalized spacial score (nSPS) is 14.9. The van der Waals surface area contributed by atoms with E-state index in [-0.39, 0.29) is 17.7 Å². The number of benzene rings is 2. The first-order valence-electron chi connectivity index (χ1n) is 10.0. The van der Waals surface area contributed by atoms with Crippen LogP contribution in [0.2, 0.25) is 0 Å². The number of hydrogen-bond donors (Lipinski definition) is 1. The van der Waals surface area contributed by atoms with Crippen LogP contribution in [0.5, 0.6) is 0 Å². The Labute approximate surface area is 167 Å². The molecular weight excluding hydrogens is 350 g/mol. The van der Waals surface area contributed by atoms with Crippen molar-refractivity contribution < 1.29 is 14.5 Å². The Morgan fingerprint density at radius 2 is 1.61 bits per heavy atom. The van der Waals surface area contributed by atoms with Crippen molar-refractivity contribution in [2.75, 3.05) is 42.5 Å². The van der Waals surface area contributed by atoms with Crippen molar-refractivity contribution in [2.24, 2.45) is 0 Å². The van der Waals surface area contributed by atoms with Gasteiger partial charge < -0.3 is 14.7 Å². The summed E-state index contributed by atoms with van der Waals surface area (Å²) in [7, 11) is 0. The van der Waals surface area contributed by atoms with Crippen LogP contribution in [0.25, 0.3) is 0 Å². The van der Waals surface area contributed by atoms with Crippen molar-refractivity contribution in [2.45, 2.75) is 26.8 Å². The second kappa shape index (κ2) is 9.02. The van der Waals surface area contributed by atoms with Crippen molar-refractivity contribution in [1.29, 1.82) is 0 Å². The molecule has 0 bridgehead atoms. The van der Waals surface area contributed by atoms with Gasteiger partial charge in [-0.1, -0.05) is 18.2 Å². The Hall–Kier alpha value is -2.66. The smallest absolute Gasteiger partial charge is 0.282 e. The van der Waals surface area contributed by atoms with E-state index < -0.39 is 0 Å². The Bertz CT molecular complexity index is 794. The first-order valence-corrected chi connectivity index (χ1v) is 10.0. The summed E-state index contributed by atoms with van der Waals surface area (Å²) in [5.74, 6) is 0.267. The fraction of sp³-hybridized carbons (Fsp3) is 0.391. The molecule has 1 aliphatic rings. The fourth-order valence-corrected chi connectivity index (χ4v) is 3.78. The Morgan fingerprint density at radius 3 is 2.14 bits per heavy atom. The van der Waals surface area contributed by atoms with Gasteiger partial charge in [-0.2, -0.15) is 0 Å². The molecule has 148 valence electrons. The standard InChI is InChI=1S/C23H29N3O2/c1-18(2)26(22-7-5-4-6-8-22)23(28)17-24-13-15-25(16-14-24)21-11-9-20(10-12-21)19(3)27/h4-12,18H,13-17H2,1-3H3/p+1. The molecule has 0 aromatic heterocycles. The summed E-state index contributed by atoms with van der Waals surface area (Å²) in [6, 6.07) is 17.9. The van der Waals surface area contributed by atoms with Crippen LogP contribution in [0.1, 0.15) is 31.1 Å². The SMILES string of the molecule is CC(=O)c1ccc(N2CC[NH+](CC(=O)N(c3ccccc3)C(C)C)CC2)cc1. The third-order valence-electron chi connectivity index (χ3n) is 5.33. The first kappa shape index (κ1) is 20.1. The molecule has 0 spiro atoms. The molecule has 0 saturated carbocycles. The van der Waals surface area contributed by atoms with Gasteiger partial charge in [0.25, 0.3) is 5.91 Å². The van der Waals surface area contributed by atoms with Gasteiger partial charge in [-0.15, -0.1) is 0 Å². The highest BCUT2D eigenvalue weighted by molar-refractivity contribution is 5.95. The molecule has 1 aliphatic heterocycles. The Balaban J connectivity index is 1.57. The van der Waals surface area contributed by atoms with E-state index in [9.17, 15) is 9.59 Å². The van der Waals surface area contributed by atoms with Crippen LogP contribution in [0.3, 0.4) is 0 Å². The topological polar surface area (TPSA) is 45.1 Å². The van der Waals surface area contributed by atoms with Gasteiger partial charge in [0.1, 0.15) is 0 Å². The van der Waals surface area contributed by atoms with Gasteiger partial charge in [0.2, 0.25) is 0 Å². The lowest BCUT2D eigenvalue weighted by atomic mass is 10.1. The van der Waals surface area contributed by atoms with Crippen molar-refractivity contribution in [3.63, 3.8) is 0 Å². The monoisotopic (exact) mass is 380 g/mol. The van der Waals surface area contributed by atoms with Crippen molar-refractivity contribution in [3.05, 3.63) is 60.2 Å². The van der Waals surface area contributed by atoms with Crippen LogP contribution in [-0.4, -0.2) is 50.5 Å². The molecule has 1 heterocycles. The minimum atomic E-state index is 0.0902. The number of carbonyl (C=O) groups is 2. The number of ketones is 1. The Morgan fingerprint density at radius 1 is 1.00 bits per heavy atom. The highest BCUT2D eigenvalue weighted by atomic mass is 16.2. The number of hydrogen-bond acceptors (Lipinski definition) is 3. The Kier molecular flexibility index (Phi) is 6.47. The second-order valence-electron chi connectivity index (χ2n) is 7.71. The summed E-state index contributed by atoms with van der Waals surface area (Å²) in [4.78, 5) is 30.0. The summed E-state index contributed by atoms with van der Waals surface area (Å²) >= 11 is 0. The molecule has 3 rings (SSSR count). The van der Waals surface area contributed by atoms with E-state index in [4.69, 9.17) is 0 Å². The number of anilines is 2. The van der Waals surface area contributed by atoms with Crippen LogP contribution in [-0.2, 0) is 4.79 Å². The molecule has 0 unspecified atom stereocenters. The lowest BCUT2D eigenvalue weighted by Crippen LogP contribution is -3.16. The molecule has 0 radical (unpaired) electrons. The van der Waals surface area contributed by atoms with Gasteiger partial charge in [0, 0.05) is 23.0 Å². The van der Waals surface area contributed by atoms with Gasteiger partial charge in [0.05, 0.1) is 26.2 Å². The third-order valence-corrected chi connectivity index (χ3v) is 5.33. The minimum absolute atomic E-state index is 0.0902. The number of amides is 1. The highest BCUT2D eigenvalue weighted by Gasteiger charge is 2.27. The van der Waals surface area contributed by atoms with E-state index in [1.54, 1.807) is 6.92 Å². The van der Waals surface area contributed by atoms with E-state index in [0.29, 0.717) is 6.54 Å². The van der Waals surface area contributed by atoms with E-state index in [2.05, 4.69) is 18.7 Å². The molecule has 0 atom stereocenters. The van der Waals surface area contributed by atoms with Gasteiger partial charge in [-0.25, -0.2) is 0 Å². The lowest BCUT2D eigenvalue weighted by Gasteiger charge is -2.35. The molecule has 0 aliphatic carbocycles. The van der Waals surface area contributed by atoms with Gasteiger partial charge in [-0.05, 0) is 57.2 Å². The summed E-state index contributed by atoms with van der Waals surface area (Å²) in [5.41, 5.74) is 2.85. The van der Waals surface area contributed by atoms with Crippen LogP contribution in [0.4, 0.5) is 11.4 Å². The zero-order valence-electron chi connectivity index (χ0n) is 17.0. The van der Waals surface area contributed by atoms with E-state index in [1.807, 2.05) is 59.5 Å². The summed E-state index contributed by atoms with van der Waals surface area (Å²) in [6.45, 7) is 9.91. The minimum Gasteiger partial charge on any atom is -0.360 e. The van der Waals surface area contributed by atoms with Crippen molar-refractivity contribution >= 4 is 23.1 Å². The number of rotatable bonds is 6. The predicted molar refractivity (Wildman–Crippen MR) is 113 cm³/mol. The summed E-state index contributed by atoms with van der Waals surface area (Å²) < 4.78 is 0. The third kappa shape index (κ3) is 4.78. The van der Waals surface area contributed by atoms with E-state index in [1.165, 1.54) is 4.90 Å². The maximum atomic E-state index is 13.0. The predicted octanol–water partition coefficient (Wildman–Crippen LogP) is 2.04. The largest absolute Gasteiger partial charge is 0.360 e. The quantitative estimate of drug-likeness (QED) is 0.780. The summed E-state index contributed by atoms with van der Waals surface area (Å²) in [6.07, 6.45) is 0. The average Bonchev–Trinajstić information content (AvgIpc) is 2.69. The highest BCUT2D eigenvalue weighted by Crippen LogP contribution is 2.17. The maximum absolute atomic E-state index is 13.0. The van der Waals surface area contributed by atoms with Crippen LogP contribution >= 0.6 is 0 Å². The van der Waals surface area contributed by atoms with Crippen LogP contribution in [0.15, 0.2) is 54.6 Å². The molecule has 1 amide bonds. The second-order valence-corrected chi connectivity index (χ2v) is 7.71. The molecule has 1 saturated heterocycles. The van der Waals surface area contributed by atoms with Crippen LogP contribution < -0.4 is 14.7 Å². The zero-order valence-corrected chi connectivity index (χ0v) is 17.0. The zero-order chi connectivity index (χ0) is 20.1. The molecule has 5 nitrogen and oxygen atoms in total. The van der Waals surface area contributed by atoms with Gasteiger partial charge in [0.15, 0.2) is 12.3 Å². The number of quaternary nitrogens is 1. The van der Waals surface area contributed by atoms with E-state index in [0.717, 1.165) is 43.1 Å². The van der Waals surface area contributed by atoms with Crippen molar-refractivity contribution in [3.8, 4) is 0 Å². The molecule has 1 fully saturated rings. The van der Waals surface area contributed by atoms with Crippen molar-refractivity contribution in [1.82, 2.24) is 0 Å². The molecule has 28 heavy (non-hydrogen) atoms. The van der Waals surface area contributed by atoms with Gasteiger partial charge in [-0.3, -0.25) is 9.59 Å². The molecule has 2 aromatic rings. The number of nitrogens with zero attached hydrogens (tertiary/aromatic N) is 2. The number of para-hydroxylation sites is 1. The number of Topliss-reactive ketones (excluding diaryl/α,β-unsaturated/α-hetero) is 1. The molecule has 5 heteroatoms. The van der Waals surface area contributed by atoms with E-state index >= 15 is 0 Å². The number of piperazine rings is 1. The molecular formula is C23H30N3O2+. The molecule has 2 aromatic carbocycles. The summed E-state index contributed by atoms with van der Waals surface area (Å²) in [5, 5.41) is 0. The first-order chi connectivity index (χ1) is 13.5. The maximum Gasteiger partial charge on any atom is 0.282 e. The average molecular weight is 381 g/mol. The van der Waals surface area contributed by atoms with Gasteiger partial charge >= 0.3 is 0 Å². The molecule has 1 N–H and O–H groups in total. The number of carbonyl (C=O) groups excluding carboxylic acids is 2. The fourth-order valence-electron chi connectivity index (χ4n) is 3.78. The number of nitrogens with one attached hydrogen (secondary N) is 1. The lowest BCUT2D eigenvalue weighted by molar-refractivity contribution is -0.892.